The molecule has 0 spiro atoms. The standard InChI is InChI=1S/C19H28N2O4/c1-6-21-17(22)10-9-15(19(23)20-12(2)3)18(21)14-8-7-13(24-4)11-16(14)25-5/h7-8,11-12,15,18H,6,9-10H2,1-5H3,(H,20,23)/t15-,18+/m1/s1. The molecule has 2 rings (SSSR count). The number of hydrogen-bond acceptors (Lipinski definition) is 4. The molecule has 0 bridgehead atoms. The van der Waals surface area contributed by atoms with Gasteiger partial charge in [-0.05, 0) is 39.3 Å². The molecule has 6 heteroatoms. The largest absolute Gasteiger partial charge is 0.497 e. The van der Waals surface area contributed by atoms with Crippen LogP contribution in [-0.4, -0.2) is 43.5 Å². The minimum Gasteiger partial charge on any atom is -0.497 e. The number of nitrogens with zero attached hydrogens (tertiary/aromatic N) is 1. The SMILES string of the molecule is CCN1C(=O)CC[C@@H](C(=O)NC(C)C)[C@@H]1c1ccc(OC)cc1OC. The smallest absolute Gasteiger partial charge is 0.225 e. The van der Waals surface area contributed by atoms with E-state index in [0.717, 1.165) is 5.56 Å². The van der Waals surface area contributed by atoms with Crippen LogP contribution in [0.15, 0.2) is 18.2 Å². The second kappa shape index (κ2) is 8.23. The van der Waals surface area contributed by atoms with Gasteiger partial charge in [0.2, 0.25) is 11.8 Å². The molecule has 1 aliphatic rings. The highest BCUT2D eigenvalue weighted by molar-refractivity contribution is 5.85. The summed E-state index contributed by atoms with van der Waals surface area (Å²) >= 11 is 0. The summed E-state index contributed by atoms with van der Waals surface area (Å²) in [4.78, 5) is 27.0. The highest BCUT2D eigenvalue weighted by atomic mass is 16.5. The van der Waals surface area contributed by atoms with Crippen molar-refractivity contribution in [2.75, 3.05) is 20.8 Å². The zero-order valence-corrected chi connectivity index (χ0v) is 15.7. The first kappa shape index (κ1) is 19.1. The van der Waals surface area contributed by atoms with Gasteiger partial charge in [-0.2, -0.15) is 0 Å². The average molecular weight is 348 g/mol. The minimum atomic E-state index is -0.342. The molecule has 0 aliphatic carbocycles. The van der Waals surface area contributed by atoms with E-state index in [2.05, 4.69) is 5.32 Å². The van der Waals surface area contributed by atoms with Crippen molar-refractivity contribution < 1.29 is 19.1 Å². The normalized spacial score (nSPS) is 20.6. The Morgan fingerprint density at radius 3 is 2.60 bits per heavy atom. The van der Waals surface area contributed by atoms with Crippen molar-refractivity contribution >= 4 is 11.8 Å². The summed E-state index contributed by atoms with van der Waals surface area (Å²) in [6, 6.07) is 5.23. The molecule has 1 N–H and O–H groups in total. The molecule has 1 heterocycles. The third-order valence-electron chi connectivity index (χ3n) is 4.57. The van der Waals surface area contributed by atoms with Gasteiger partial charge in [-0.1, -0.05) is 0 Å². The number of hydrogen-bond donors (Lipinski definition) is 1. The number of rotatable bonds is 6. The molecule has 0 radical (unpaired) electrons. The lowest BCUT2D eigenvalue weighted by molar-refractivity contribution is -0.143. The number of carbonyl (C=O) groups excluding carboxylic acids is 2. The Morgan fingerprint density at radius 1 is 1.32 bits per heavy atom. The van der Waals surface area contributed by atoms with Crippen LogP contribution < -0.4 is 14.8 Å². The second-order valence-corrected chi connectivity index (χ2v) is 6.54. The lowest BCUT2D eigenvalue weighted by Crippen LogP contribution is -2.49. The molecule has 2 atom stereocenters. The van der Waals surface area contributed by atoms with E-state index in [1.807, 2.05) is 32.9 Å². The zero-order valence-electron chi connectivity index (χ0n) is 15.7. The number of amides is 2. The van der Waals surface area contributed by atoms with E-state index in [9.17, 15) is 9.59 Å². The zero-order chi connectivity index (χ0) is 18.6. The van der Waals surface area contributed by atoms with Gasteiger partial charge in [0.1, 0.15) is 11.5 Å². The maximum atomic E-state index is 12.8. The van der Waals surface area contributed by atoms with Gasteiger partial charge in [0.25, 0.3) is 0 Å². The third-order valence-corrected chi connectivity index (χ3v) is 4.57. The quantitative estimate of drug-likeness (QED) is 0.858. The first-order valence-electron chi connectivity index (χ1n) is 8.74. The van der Waals surface area contributed by atoms with Crippen molar-refractivity contribution in [1.29, 1.82) is 0 Å². The van der Waals surface area contributed by atoms with E-state index in [1.54, 1.807) is 25.2 Å². The molecule has 2 amide bonds. The molecule has 0 saturated carbocycles. The summed E-state index contributed by atoms with van der Waals surface area (Å²) in [6.45, 7) is 6.35. The van der Waals surface area contributed by atoms with Crippen LogP contribution >= 0.6 is 0 Å². The number of benzene rings is 1. The van der Waals surface area contributed by atoms with E-state index >= 15 is 0 Å². The molecule has 25 heavy (non-hydrogen) atoms. The third kappa shape index (κ3) is 4.06. The van der Waals surface area contributed by atoms with Gasteiger partial charge in [0.15, 0.2) is 0 Å². The molecule has 1 aromatic rings. The lowest BCUT2D eigenvalue weighted by atomic mass is 9.83. The predicted octanol–water partition coefficient (Wildman–Crippen LogP) is 2.53. The van der Waals surface area contributed by atoms with Crippen LogP contribution in [0.25, 0.3) is 0 Å². The van der Waals surface area contributed by atoms with E-state index < -0.39 is 0 Å². The van der Waals surface area contributed by atoms with E-state index in [0.29, 0.717) is 30.9 Å². The number of ether oxygens (including phenoxy) is 2. The fourth-order valence-electron chi connectivity index (χ4n) is 3.44. The monoisotopic (exact) mass is 348 g/mol. The number of likely N-dealkylation sites (tertiary alicyclic amines) is 1. The van der Waals surface area contributed by atoms with Gasteiger partial charge in [-0.15, -0.1) is 0 Å². The van der Waals surface area contributed by atoms with E-state index in [1.165, 1.54) is 0 Å². The summed E-state index contributed by atoms with van der Waals surface area (Å²) in [6.07, 6.45) is 0.923. The van der Waals surface area contributed by atoms with Crippen molar-refractivity contribution in [1.82, 2.24) is 10.2 Å². The molecule has 1 aromatic carbocycles. The summed E-state index contributed by atoms with van der Waals surface area (Å²) in [7, 11) is 3.18. The lowest BCUT2D eigenvalue weighted by Gasteiger charge is -2.41. The van der Waals surface area contributed by atoms with E-state index in [4.69, 9.17) is 9.47 Å². The number of piperidine rings is 1. The molecule has 0 aromatic heterocycles. The molecule has 1 fully saturated rings. The topological polar surface area (TPSA) is 67.9 Å². The van der Waals surface area contributed by atoms with Gasteiger partial charge in [-0.3, -0.25) is 9.59 Å². The first-order chi connectivity index (χ1) is 11.9. The van der Waals surface area contributed by atoms with Crippen molar-refractivity contribution in [2.24, 2.45) is 5.92 Å². The van der Waals surface area contributed by atoms with Crippen LogP contribution in [0.4, 0.5) is 0 Å². The first-order valence-corrected chi connectivity index (χ1v) is 8.74. The Balaban J connectivity index is 2.48. The molecule has 1 aliphatic heterocycles. The van der Waals surface area contributed by atoms with Crippen LogP contribution in [0.1, 0.15) is 45.2 Å². The Hall–Kier alpha value is -2.24. The van der Waals surface area contributed by atoms with Crippen LogP contribution in [0.3, 0.4) is 0 Å². The fraction of sp³-hybridized carbons (Fsp3) is 0.579. The Morgan fingerprint density at radius 2 is 2.04 bits per heavy atom. The number of methoxy groups -OCH3 is 2. The van der Waals surface area contributed by atoms with Crippen molar-refractivity contribution in [3.63, 3.8) is 0 Å². The predicted molar refractivity (Wildman–Crippen MR) is 95.7 cm³/mol. The van der Waals surface area contributed by atoms with E-state index in [-0.39, 0.29) is 29.8 Å². The Kier molecular flexibility index (Phi) is 6.28. The average Bonchev–Trinajstić information content (AvgIpc) is 2.60. The van der Waals surface area contributed by atoms with Gasteiger partial charge in [0.05, 0.1) is 26.2 Å². The maximum absolute atomic E-state index is 12.8. The van der Waals surface area contributed by atoms with Crippen molar-refractivity contribution in [2.45, 2.75) is 45.7 Å². The second-order valence-electron chi connectivity index (χ2n) is 6.54. The molecular weight excluding hydrogens is 320 g/mol. The number of nitrogens with one attached hydrogen (secondary N) is 1. The van der Waals surface area contributed by atoms with Crippen molar-refractivity contribution in [3.05, 3.63) is 23.8 Å². The summed E-state index contributed by atoms with van der Waals surface area (Å²) in [5.41, 5.74) is 0.835. The summed E-state index contributed by atoms with van der Waals surface area (Å²) in [5.74, 6) is 1.04. The molecule has 1 saturated heterocycles. The Labute approximate surface area is 149 Å². The summed E-state index contributed by atoms with van der Waals surface area (Å²) < 4.78 is 10.8. The summed E-state index contributed by atoms with van der Waals surface area (Å²) in [5, 5.41) is 2.99. The molecular formula is C19H28N2O4. The minimum absolute atomic E-state index is 0.0242. The van der Waals surface area contributed by atoms with Crippen LogP contribution in [0.2, 0.25) is 0 Å². The highest BCUT2D eigenvalue weighted by Crippen LogP contribution is 2.41. The van der Waals surface area contributed by atoms with Crippen LogP contribution in [0.5, 0.6) is 11.5 Å². The number of carbonyl (C=O) groups is 2. The van der Waals surface area contributed by atoms with Gasteiger partial charge in [0, 0.05) is 30.6 Å². The van der Waals surface area contributed by atoms with Gasteiger partial charge < -0.3 is 19.7 Å². The maximum Gasteiger partial charge on any atom is 0.225 e. The molecule has 0 unspecified atom stereocenters. The molecule has 138 valence electrons. The molecule has 6 nitrogen and oxygen atoms in total. The van der Waals surface area contributed by atoms with Gasteiger partial charge in [-0.25, -0.2) is 0 Å². The highest BCUT2D eigenvalue weighted by Gasteiger charge is 2.41. The fourth-order valence-corrected chi connectivity index (χ4v) is 3.44. The van der Waals surface area contributed by atoms with Gasteiger partial charge >= 0.3 is 0 Å². The van der Waals surface area contributed by atoms with Crippen molar-refractivity contribution in [3.8, 4) is 11.5 Å². The van der Waals surface area contributed by atoms with Crippen LogP contribution in [-0.2, 0) is 9.59 Å². The van der Waals surface area contributed by atoms with Crippen LogP contribution in [0, 0.1) is 5.92 Å². The Bertz CT molecular complexity index is 630.